The number of hydrogen-bond acceptors (Lipinski definition) is 3. The summed E-state index contributed by atoms with van der Waals surface area (Å²) in [5, 5.41) is 0. The molecule has 2 saturated carbocycles. The van der Waals surface area contributed by atoms with Gasteiger partial charge in [0.25, 0.3) is 6.47 Å². The number of allylic oxidation sites excluding steroid dienone is 1. The van der Waals surface area contributed by atoms with E-state index in [1.54, 1.807) is 0 Å². The van der Waals surface area contributed by atoms with Crippen molar-refractivity contribution >= 4 is 34.8 Å². The highest BCUT2D eigenvalue weighted by molar-refractivity contribution is 14.1. The minimum Gasteiger partial charge on any atom is -0.457 e. The number of fused-ring (bicyclic) bond motifs is 3. The number of ketones is 1. The van der Waals surface area contributed by atoms with Gasteiger partial charge < -0.3 is 4.74 Å². The number of alkyl halides is 1. The zero-order valence-corrected chi connectivity index (χ0v) is 24.2. The summed E-state index contributed by atoms with van der Waals surface area (Å²) in [5.74, 6) is 3.52. The molecule has 0 heterocycles. The molecule has 0 spiro atoms. The van der Waals surface area contributed by atoms with Crippen molar-refractivity contribution in [3.05, 3.63) is 11.6 Å². The number of carbonyl (C=O) groups is 2. The zero-order valence-electron chi connectivity index (χ0n) is 22.1. The Bertz CT molecular complexity index is 756. The predicted molar refractivity (Wildman–Crippen MR) is 144 cm³/mol. The van der Waals surface area contributed by atoms with Gasteiger partial charge in [-0.05, 0) is 98.0 Å². The Balaban J connectivity index is 1.91. The van der Waals surface area contributed by atoms with E-state index in [1.165, 1.54) is 38.5 Å². The first-order chi connectivity index (χ1) is 15.4. The van der Waals surface area contributed by atoms with E-state index in [9.17, 15) is 9.59 Å². The van der Waals surface area contributed by atoms with Crippen LogP contribution in [-0.4, -0.2) is 22.3 Å². The van der Waals surface area contributed by atoms with Crippen molar-refractivity contribution in [1.82, 2.24) is 0 Å². The van der Waals surface area contributed by atoms with Gasteiger partial charge in [-0.25, -0.2) is 0 Å². The summed E-state index contributed by atoms with van der Waals surface area (Å²) >= 11 is 2.47. The maximum Gasteiger partial charge on any atom is 0.293 e. The number of hydrogen-bond donors (Lipinski definition) is 0. The highest BCUT2D eigenvalue weighted by Crippen LogP contribution is 2.66. The van der Waals surface area contributed by atoms with Gasteiger partial charge >= 0.3 is 0 Å². The molecule has 0 saturated heterocycles. The van der Waals surface area contributed by atoms with Gasteiger partial charge in [-0.2, -0.15) is 0 Å². The van der Waals surface area contributed by atoms with Gasteiger partial charge in [-0.1, -0.05) is 76.5 Å². The van der Waals surface area contributed by atoms with Crippen LogP contribution < -0.4 is 0 Å². The van der Waals surface area contributed by atoms with E-state index in [-0.39, 0.29) is 16.7 Å². The van der Waals surface area contributed by atoms with E-state index in [1.807, 2.05) is 19.9 Å². The molecule has 0 aromatic heterocycles. The second-order valence-electron chi connectivity index (χ2n) is 12.8. The molecule has 0 bridgehead atoms. The number of halogens is 1. The zero-order chi connectivity index (χ0) is 24.6. The van der Waals surface area contributed by atoms with Gasteiger partial charge in [0, 0.05) is 10.3 Å². The maximum absolute atomic E-state index is 13.8. The molecule has 3 rings (SSSR count). The Labute approximate surface area is 216 Å². The average molecular weight is 573 g/mol. The third-order valence-electron chi connectivity index (χ3n) is 10.1. The first kappa shape index (κ1) is 27.2. The summed E-state index contributed by atoms with van der Waals surface area (Å²) < 4.78 is 6.58. The van der Waals surface area contributed by atoms with Gasteiger partial charge in [0.15, 0.2) is 5.78 Å². The van der Waals surface area contributed by atoms with E-state index in [0.29, 0.717) is 24.1 Å². The fourth-order valence-corrected chi connectivity index (χ4v) is 9.56. The number of ether oxygens (including phenoxy) is 1. The molecule has 0 radical (unpaired) electrons. The van der Waals surface area contributed by atoms with Crippen LogP contribution in [0.3, 0.4) is 0 Å². The smallest absolute Gasteiger partial charge is 0.293 e. The average Bonchev–Trinajstić information content (AvgIpc) is 3.07. The van der Waals surface area contributed by atoms with Crippen molar-refractivity contribution in [2.24, 2.45) is 46.3 Å². The summed E-state index contributed by atoms with van der Waals surface area (Å²) in [7, 11) is 0. The summed E-state index contributed by atoms with van der Waals surface area (Å²) in [5.41, 5.74) is 0.464. The third kappa shape index (κ3) is 4.98. The van der Waals surface area contributed by atoms with Crippen LogP contribution in [0.2, 0.25) is 0 Å². The molecule has 4 heteroatoms. The highest BCUT2D eigenvalue weighted by atomic mass is 127. The van der Waals surface area contributed by atoms with Crippen LogP contribution in [0, 0.1) is 46.3 Å². The van der Waals surface area contributed by atoms with Gasteiger partial charge in [0.1, 0.15) is 5.60 Å². The predicted octanol–water partition coefficient (Wildman–Crippen LogP) is 7.80. The molecule has 0 aromatic rings. The van der Waals surface area contributed by atoms with Crippen LogP contribution in [0.25, 0.3) is 0 Å². The quantitative estimate of drug-likeness (QED) is 0.116. The third-order valence-corrected chi connectivity index (χ3v) is 10.7. The SMILES string of the molecule is CC(C)CCC[C@@H](C)[C@H]1CC[C@H]2[C@@H]3C(=O)C=C(C(C)(C)OC=[18O])[C@](C)(CCI)[C@H]3CC[C@]12C. The van der Waals surface area contributed by atoms with Crippen LogP contribution >= 0.6 is 22.6 Å². The lowest BCUT2D eigenvalue weighted by atomic mass is 9.47. The van der Waals surface area contributed by atoms with Crippen molar-refractivity contribution < 1.29 is 14.3 Å². The largest absolute Gasteiger partial charge is 0.457 e. The minimum absolute atomic E-state index is 0.103. The molecule has 3 aliphatic carbocycles. The lowest BCUT2D eigenvalue weighted by Crippen LogP contribution is -2.55. The monoisotopic (exact) mass is 572 g/mol. The maximum atomic E-state index is 13.8. The van der Waals surface area contributed by atoms with Crippen molar-refractivity contribution in [2.45, 2.75) is 105 Å². The first-order valence-corrected chi connectivity index (χ1v) is 14.9. The molecule has 3 aliphatic rings. The fourth-order valence-electron chi connectivity index (χ4n) is 8.44. The minimum atomic E-state index is -0.743. The summed E-state index contributed by atoms with van der Waals surface area (Å²) in [6.45, 7) is 16.4. The number of carbonyl (C=O) groups excluding carboxylic acids is 2. The van der Waals surface area contributed by atoms with Crippen LogP contribution in [0.4, 0.5) is 0 Å². The van der Waals surface area contributed by atoms with E-state index < -0.39 is 5.60 Å². The second-order valence-corrected chi connectivity index (χ2v) is 13.9. The summed E-state index contributed by atoms with van der Waals surface area (Å²) in [6.07, 6.45) is 11.7. The molecule has 0 amide bonds. The molecular formula is C29H47IO3. The van der Waals surface area contributed by atoms with Gasteiger partial charge in [0.05, 0.1) is 0 Å². The first-order valence-electron chi connectivity index (χ1n) is 13.4. The summed E-state index contributed by atoms with van der Waals surface area (Å²) in [4.78, 5) is 25.0. The standard InChI is InChI=1S/C29H47IO3/c1-19(2)9-8-10-20(3)21-11-12-22-26-23(13-14-28(21,22)6)29(7,15-16-30)25(17-24(26)32)27(4,5)33-18-31/h17-23,26H,8-16H2,1-7H3/t20-,21-,22+,23+,26+,28-,29-/m1/s1/i31+2. The van der Waals surface area contributed by atoms with Crippen molar-refractivity contribution in [3.8, 4) is 0 Å². The molecule has 0 N–H and O–H groups in total. The van der Waals surface area contributed by atoms with E-state index in [4.69, 9.17) is 4.74 Å². The van der Waals surface area contributed by atoms with Crippen molar-refractivity contribution in [3.63, 3.8) is 0 Å². The molecule has 0 unspecified atom stereocenters. The highest BCUT2D eigenvalue weighted by Gasteiger charge is 2.62. The van der Waals surface area contributed by atoms with Crippen molar-refractivity contribution in [1.29, 1.82) is 0 Å². The van der Waals surface area contributed by atoms with Crippen molar-refractivity contribution in [2.75, 3.05) is 4.43 Å². The van der Waals surface area contributed by atoms with Gasteiger partial charge in [-0.15, -0.1) is 0 Å². The molecular weight excluding hydrogens is 525 g/mol. The number of rotatable bonds is 10. The molecule has 3 nitrogen and oxygen atoms in total. The lowest BCUT2D eigenvalue weighted by Gasteiger charge is -2.57. The topological polar surface area (TPSA) is 43.4 Å². The lowest BCUT2D eigenvalue weighted by molar-refractivity contribution is -0.144. The second kappa shape index (κ2) is 10.3. The Hall–Kier alpha value is -0.390. The van der Waals surface area contributed by atoms with E-state index in [2.05, 4.69) is 57.2 Å². The van der Waals surface area contributed by atoms with E-state index in [0.717, 1.165) is 40.6 Å². The Morgan fingerprint density at radius 1 is 1.18 bits per heavy atom. The van der Waals surface area contributed by atoms with E-state index >= 15 is 0 Å². The van der Waals surface area contributed by atoms with Crippen LogP contribution in [0.1, 0.15) is 99.8 Å². The van der Waals surface area contributed by atoms with Gasteiger partial charge in [0.2, 0.25) is 0 Å². The fraction of sp³-hybridized carbons (Fsp3) is 0.862. The Morgan fingerprint density at radius 2 is 1.88 bits per heavy atom. The Morgan fingerprint density at radius 3 is 2.48 bits per heavy atom. The molecule has 188 valence electrons. The molecule has 0 aromatic carbocycles. The molecule has 0 aliphatic heterocycles. The normalized spacial score (nSPS) is 37.4. The molecule has 2 fully saturated rings. The van der Waals surface area contributed by atoms with Crippen LogP contribution in [0.5, 0.6) is 0 Å². The molecule has 7 atom stereocenters. The van der Waals surface area contributed by atoms with Gasteiger partial charge in [-0.3, -0.25) is 9.59 Å². The van der Waals surface area contributed by atoms with Crippen LogP contribution in [0.15, 0.2) is 11.6 Å². The summed E-state index contributed by atoms with van der Waals surface area (Å²) in [6, 6.07) is 0. The Kier molecular flexibility index (Phi) is 8.49. The molecule has 33 heavy (non-hydrogen) atoms. The van der Waals surface area contributed by atoms with Crippen LogP contribution in [-0.2, 0) is 14.3 Å².